The van der Waals surface area contributed by atoms with E-state index < -0.39 is 0 Å². The van der Waals surface area contributed by atoms with Crippen LogP contribution in [0.1, 0.15) is 0 Å². The number of rotatable bonds is 5. The van der Waals surface area contributed by atoms with Crippen LogP contribution < -0.4 is 0 Å². The van der Waals surface area contributed by atoms with Crippen molar-refractivity contribution in [3.8, 4) is 56.4 Å². The summed E-state index contributed by atoms with van der Waals surface area (Å²) in [6.07, 6.45) is 0. The zero-order valence-corrected chi connectivity index (χ0v) is 26.7. The third-order valence-electron chi connectivity index (χ3n) is 9.34. The highest BCUT2D eigenvalue weighted by Crippen LogP contribution is 2.41. The van der Waals surface area contributed by atoms with Gasteiger partial charge in [0, 0.05) is 43.8 Å². The summed E-state index contributed by atoms with van der Waals surface area (Å²) in [5.41, 5.74) is 10.5. The molecule has 0 spiro atoms. The van der Waals surface area contributed by atoms with Crippen LogP contribution in [0.3, 0.4) is 0 Å². The first-order valence-corrected chi connectivity index (χ1v) is 16.6. The van der Waals surface area contributed by atoms with E-state index in [1.165, 1.54) is 0 Å². The molecule has 10 aromatic rings. The molecule has 0 aliphatic rings. The monoisotopic (exact) mass is 641 g/mol. The second-order valence-corrected chi connectivity index (χ2v) is 12.4. The molecule has 0 atom stereocenters. The molecule has 5 nitrogen and oxygen atoms in total. The second kappa shape index (κ2) is 11.4. The summed E-state index contributed by atoms with van der Waals surface area (Å²) in [5.74, 6) is 1.84. The normalized spacial score (nSPS) is 11.6. The lowest BCUT2D eigenvalue weighted by Crippen LogP contribution is -2.00. The highest BCUT2D eigenvalue weighted by atomic mass is 16.3. The van der Waals surface area contributed by atoms with Crippen molar-refractivity contribution in [1.82, 2.24) is 15.0 Å². The summed E-state index contributed by atoms with van der Waals surface area (Å²) >= 11 is 0. The van der Waals surface area contributed by atoms with Crippen molar-refractivity contribution < 1.29 is 8.83 Å². The molecule has 0 fully saturated rings. The average Bonchev–Trinajstić information content (AvgIpc) is 3.77. The molecule has 10 rings (SSSR count). The molecule has 0 bridgehead atoms. The zero-order chi connectivity index (χ0) is 33.0. The summed E-state index contributed by atoms with van der Waals surface area (Å²) in [7, 11) is 0. The largest absolute Gasteiger partial charge is 0.456 e. The summed E-state index contributed by atoms with van der Waals surface area (Å²) in [4.78, 5) is 14.7. The average molecular weight is 642 g/mol. The van der Waals surface area contributed by atoms with Gasteiger partial charge in [0.2, 0.25) is 0 Å². The Balaban J connectivity index is 1.10. The topological polar surface area (TPSA) is 65.0 Å². The maximum Gasteiger partial charge on any atom is 0.164 e. The Hall–Kier alpha value is -6.85. The van der Waals surface area contributed by atoms with Crippen LogP contribution in [0.4, 0.5) is 0 Å². The van der Waals surface area contributed by atoms with Gasteiger partial charge in [-0.05, 0) is 47.0 Å². The van der Waals surface area contributed by atoms with Crippen LogP contribution in [0, 0.1) is 0 Å². The predicted molar refractivity (Wildman–Crippen MR) is 202 cm³/mol. The minimum Gasteiger partial charge on any atom is -0.456 e. The van der Waals surface area contributed by atoms with Gasteiger partial charge in [0.05, 0.1) is 0 Å². The summed E-state index contributed by atoms with van der Waals surface area (Å²) in [5, 5.41) is 4.34. The Bertz CT molecular complexity index is 2810. The van der Waals surface area contributed by atoms with Crippen LogP contribution in [-0.4, -0.2) is 15.0 Å². The smallest absolute Gasteiger partial charge is 0.164 e. The van der Waals surface area contributed by atoms with Crippen LogP contribution >= 0.6 is 0 Å². The number of hydrogen-bond acceptors (Lipinski definition) is 5. The van der Waals surface area contributed by atoms with Gasteiger partial charge in [-0.15, -0.1) is 0 Å². The van der Waals surface area contributed by atoms with Gasteiger partial charge in [-0.2, -0.15) is 0 Å². The van der Waals surface area contributed by atoms with Gasteiger partial charge >= 0.3 is 0 Å². The van der Waals surface area contributed by atoms with E-state index in [-0.39, 0.29) is 0 Å². The Morgan fingerprint density at radius 3 is 1.64 bits per heavy atom. The van der Waals surface area contributed by atoms with Gasteiger partial charge in [-0.1, -0.05) is 133 Å². The summed E-state index contributed by atoms with van der Waals surface area (Å²) in [6.45, 7) is 0. The fourth-order valence-electron chi connectivity index (χ4n) is 6.97. The number of furan rings is 2. The first-order valence-electron chi connectivity index (χ1n) is 16.6. The number of fused-ring (bicyclic) bond motifs is 6. The second-order valence-electron chi connectivity index (χ2n) is 12.4. The third-order valence-corrected chi connectivity index (χ3v) is 9.34. The van der Waals surface area contributed by atoms with E-state index in [9.17, 15) is 0 Å². The minimum absolute atomic E-state index is 0.591. The van der Waals surface area contributed by atoms with Crippen LogP contribution in [0.25, 0.3) is 100 Å². The molecule has 0 aliphatic carbocycles. The van der Waals surface area contributed by atoms with Crippen molar-refractivity contribution in [3.63, 3.8) is 0 Å². The number of nitrogens with zero attached hydrogens (tertiary/aromatic N) is 3. The fraction of sp³-hybridized carbons (Fsp3) is 0. The van der Waals surface area contributed by atoms with Gasteiger partial charge in [0.1, 0.15) is 22.3 Å². The maximum absolute atomic E-state index is 6.53. The molecule has 0 radical (unpaired) electrons. The number of aromatic nitrogens is 3. The Labute approximate surface area is 287 Å². The highest BCUT2D eigenvalue weighted by Gasteiger charge is 2.18. The van der Waals surface area contributed by atoms with Crippen molar-refractivity contribution >= 4 is 43.9 Å². The van der Waals surface area contributed by atoms with Gasteiger partial charge in [-0.3, -0.25) is 0 Å². The lowest BCUT2D eigenvalue weighted by molar-refractivity contribution is 0.669. The molecule has 234 valence electrons. The molecular weight excluding hydrogens is 615 g/mol. The Morgan fingerprint density at radius 1 is 0.320 bits per heavy atom. The first kappa shape index (κ1) is 28.2. The van der Waals surface area contributed by atoms with E-state index in [0.717, 1.165) is 82.8 Å². The van der Waals surface area contributed by atoms with Gasteiger partial charge < -0.3 is 8.83 Å². The van der Waals surface area contributed by atoms with Gasteiger partial charge in [0.25, 0.3) is 0 Å². The SMILES string of the molecule is c1ccc(-c2nc(-c3ccccc3)nc(-c3ccc4c(c3)oc3cccc(-c5cccc(-c6cccc7c6oc6ccccc67)c5)c34)n2)cc1. The molecule has 5 heteroatoms. The number of hydrogen-bond donors (Lipinski definition) is 0. The van der Waals surface area contributed by atoms with Crippen LogP contribution in [0.5, 0.6) is 0 Å². The van der Waals surface area contributed by atoms with E-state index in [1.54, 1.807) is 0 Å². The molecule has 0 saturated heterocycles. The van der Waals surface area contributed by atoms with E-state index >= 15 is 0 Å². The van der Waals surface area contributed by atoms with Crippen LogP contribution in [0.15, 0.2) is 173 Å². The molecule has 0 saturated carbocycles. The van der Waals surface area contributed by atoms with Crippen molar-refractivity contribution in [3.05, 3.63) is 164 Å². The molecule has 7 aromatic carbocycles. The fourth-order valence-corrected chi connectivity index (χ4v) is 6.97. The summed E-state index contributed by atoms with van der Waals surface area (Å²) < 4.78 is 12.9. The van der Waals surface area contributed by atoms with Crippen molar-refractivity contribution in [2.24, 2.45) is 0 Å². The molecule has 50 heavy (non-hydrogen) atoms. The van der Waals surface area contributed by atoms with Crippen molar-refractivity contribution in [2.75, 3.05) is 0 Å². The lowest BCUT2D eigenvalue weighted by Gasteiger charge is -2.09. The highest BCUT2D eigenvalue weighted by molar-refractivity contribution is 6.13. The standard InChI is InChI=1S/C45H27N3O2/c1-3-12-28(13-4-1)43-46-44(29-14-5-2-6-15-29)48-45(47-43)32-24-25-37-40(27-32)49-39-23-11-19-33(41(37)39)30-16-9-17-31(26-30)34-20-10-21-36-35-18-7-8-22-38(35)50-42(34)36/h1-27H. The molecular formula is C45H27N3O2. The first-order chi connectivity index (χ1) is 24.8. The molecule has 3 aromatic heterocycles. The lowest BCUT2D eigenvalue weighted by atomic mass is 9.95. The molecule has 0 amide bonds. The molecule has 0 aliphatic heterocycles. The predicted octanol–water partition coefficient (Wildman–Crippen LogP) is 12.0. The molecule has 0 N–H and O–H groups in total. The van der Waals surface area contributed by atoms with E-state index in [2.05, 4.69) is 78.9 Å². The number of para-hydroxylation sites is 2. The third kappa shape index (κ3) is 4.67. The maximum atomic E-state index is 6.53. The minimum atomic E-state index is 0.591. The summed E-state index contributed by atoms with van der Waals surface area (Å²) in [6, 6.07) is 55.7. The van der Waals surface area contributed by atoms with Crippen LogP contribution in [0.2, 0.25) is 0 Å². The van der Waals surface area contributed by atoms with Gasteiger partial charge in [-0.25, -0.2) is 15.0 Å². The van der Waals surface area contributed by atoms with Crippen LogP contribution in [-0.2, 0) is 0 Å². The zero-order valence-electron chi connectivity index (χ0n) is 26.7. The molecule has 3 heterocycles. The van der Waals surface area contributed by atoms with E-state index in [0.29, 0.717) is 17.5 Å². The Morgan fingerprint density at radius 2 is 0.880 bits per heavy atom. The quantitative estimate of drug-likeness (QED) is 0.187. The number of benzene rings is 7. The van der Waals surface area contributed by atoms with Crippen molar-refractivity contribution in [1.29, 1.82) is 0 Å². The van der Waals surface area contributed by atoms with Crippen molar-refractivity contribution in [2.45, 2.75) is 0 Å². The van der Waals surface area contributed by atoms with E-state index in [4.69, 9.17) is 23.8 Å². The van der Waals surface area contributed by atoms with Gasteiger partial charge in [0.15, 0.2) is 17.5 Å². The van der Waals surface area contributed by atoms with E-state index in [1.807, 2.05) is 84.9 Å². The molecule has 0 unspecified atom stereocenters. The Kier molecular flexibility index (Phi) is 6.42.